The normalized spacial score (nSPS) is 34.0. The molecule has 2 nitrogen and oxygen atoms in total. The van der Waals surface area contributed by atoms with Gasteiger partial charge in [-0.3, -0.25) is 9.11 Å². The number of hydrogen-bond donors (Lipinski definition) is 0. The number of rotatable bonds is 2. The van der Waals surface area contributed by atoms with Crippen LogP contribution in [-0.4, -0.2) is 46.4 Å². The topological polar surface area (TPSA) is 20.3 Å². The molecule has 0 spiro atoms. The Morgan fingerprint density at radius 3 is 3.00 bits per heavy atom. The molecule has 0 aromatic rings. The molecule has 0 radical (unpaired) electrons. The largest absolute Gasteiger partial charge is 0.296 e. The zero-order valence-electron chi connectivity index (χ0n) is 6.75. The molecule has 2 unspecified atom stereocenters. The van der Waals surface area contributed by atoms with E-state index in [1.165, 1.54) is 0 Å². The molecule has 4 heteroatoms. The van der Waals surface area contributed by atoms with Crippen molar-refractivity contribution >= 4 is 10.8 Å². The van der Waals surface area contributed by atoms with Crippen molar-refractivity contribution in [1.82, 2.24) is 4.90 Å². The Labute approximate surface area is 69.2 Å². The van der Waals surface area contributed by atoms with Crippen molar-refractivity contribution < 1.29 is 8.60 Å². The molecule has 1 aliphatic heterocycles. The van der Waals surface area contributed by atoms with Crippen molar-refractivity contribution in [3.8, 4) is 0 Å². The van der Waals surface area contributed by atoms with E-state index >= 15 is 0 Å². The van der Waals surface area contributed by atoms with Crippen LogP contribution in [0.3, 0.4) is 0 Å². The smallest absolute Gasteiger partial charge is 0.102 e. The fraction of sp³-hybridized carbons (Fsp3) is 1.00. The number of hydrogen-bond acceptors (Lipinski definition) is 2. The van der Waals surface area contributed by atoms with E-state index < -0.39 is 10.8 Å². The Kier molecular flexibility index (Phi) is 3.45. The summed E-state index contributed by atoms with van der Waals surface area (Å²) in [5.74, 6) is 1.42. The second-order valence-corrected chi connectivity index (χ2v) is 4.51. The van der Waals surface area contributed by atoms with Crippen molar-refractivity contribution in [3.05, 3.63) is 0 Å². The first-order valence-corrected chi connectivity index (χ1v) is 5.38. The Hall–Kier alpha value is 0.0400. The quantitative estimate of drug-likeness (QED) is 0.612. The molecular weight excluding hydrogens is 165 g/mol. The molecule has 1 saturated heterocycles. The lowest BCUT2D eigenvalue weighted by Crippen LogP contribution is -2.45. The Balaban J connectivity index is 2.37. The minimum atomic E-state index is -0.659. The molecule has 1 rings (SSSR count). The van der Waals surface area contributed by atoms with Crippen LogP contribution in [0.1, 0.15) is 6.92 Å². The summed E-state index contributed by atoms with van der Waals surface area (Å²) in [6.07, 6.45) is 0. The van der Waals surface area contributed by atoms with E-state index in [2.05, 4.69) is 4.90 Å². The molecule has 11 heavy (non-hydrogen) atoms. The van der Waals surface area contributed by atoms with Crippen LogP contribution in [-0.2, 0) is 10.8 Å². The van der Waals surface area contributed by atoms with Gasteiger partial charge in [0, 0.05) is 41.4 Å². The third kappa shape index (κ3) is 2.52. The maximum absolute atomic E-state index is 11.9. The number of alkyl halides is 1. The van der Waals surface area contributed by atoms with Crippen molar-refractivity contribution in [1.29, 1.82) is 0 Å². The molecule has 0 bridgehead atoms. The third-order valence-electron chi connectivity index (χ3n) is 2.03. The highest BCUT2D eigenvalue weighted by Gasteiger charge is 2.21. The molecule has 0 saturated carbocycles. The Bertz CT molecular complexity index is 153. The van der Waals surface area contributed by atoms with Crippen LogP contribution in [0.25, 0.3) is 0 Å². The van der Waals surface area contributed by atoms with Gasteiger partial charge in [-0.25, -0.2) is 4.39 Å². The van der Waals surface area contributed by atoms with Gasteiger partial charge in [0.1, 0.15) is 6.67 Å². The van der Waals surface area contributed by atoms with Crippen molar-refractivity contribution in [2.75, 3.05) is 31.3 Å². The maximum atomic E-state index is 11.9. The minimum Gasteiger partial charge on any atom is -0.296 e. The first kappa shape index (κ1) is 9.13. The van der Waals surface area contributed by atoms with E-state index in [1.54, 1.807) is 0 Å². The standard InChI is InChI=1S/C7H14FNOS/c1-7-6-11(10)5-4-9(7)3-2-8/h7H,2-6H2,1H3. The summed E-state index contributed by atoms with van der Waals surface area (Å²) in [5, 5.41) is 0. The van der Waals surface area contributed by atoms with Crippen molar-refractivity contribution in [2.45, 2.75) is 13.0 Å². The summed E-state index contributed by atoms with van der Waals surface area (Å²) in [6, 6.07) is 0.292. The molecule has 66 valence electrons. The molecule has 0 aromatic heterocycles. The predicted molar refractivity (Wildman–Crippen MR) is 44.9 cm³/mol. The van der Waals surface area contributed by atoms with Crippen LogP contribution in [0.5, 0.6) is 0 Å². The van der Waals surface area contributed by atoms with Crippen LogP contribution in [0.2, 0.25) is 0 Å². The van der Waals surface area contributed by atoms with Gasteiger partial charge in [-0.1, -0.05) is 0 Å². The molecule has 0 amide bonds. The van der Waals surface area contributed by atoms with Crippen LogP contribution in [0.4, 0.5) is 4.39 Å². The third-order valence-corrected chi connectivity index (χ3v) is 3.52. The lowest BCUT2D eigenvalue weighted by molar-refractivity contribution is 0.210. The maximum Gasteiger partial charge on any atom is 0.102 e. The van der Waals surface area contributed by atoms with E-state index in [-0.39, 0.29) is 6.67 Å². The van der Waals surface area contributed by atoms with E-state index in [0.717, 1.165) is 6.54 Å². The van der Waals surface area contributed by atoms with Gasteiger partial charge in [-0.2, -0.15) is 0 Å². The van der Waals surface area contributed by atoms with Crippen LogP contribution in [0, 0.1) is 0 Å². The molecule has 0 aliphatic carbocycles. The SMILES string of the molecule is CC1CS(=O)CCN1CCF. The van der Waals surface area contributed by atoms with Crippen LogP contribution >= 0.6 is 0 Å². The van der Waals surface area contributed by atoms with E-state index in [9.17, 15) is 8.60 Å². The molecule has 0 aromatic carbocycles. The molecule has 2 atom stereocenters. The lowest BCUT2D eigenvalue weighted by atomic mass is 10.3. The van der Waals surface area contributed by atoms with Gasteiger partial charge in [0.15, 0.2) is 0 Å². The average Bonchev–Trinajstić information content (AvgIpc) is 1.95. The van der Waals surface area contributed by atoms with Crippen molar-refractivity contribution in [2.24, 2.45) is 0 Å². The molecule has 1 heterocycles. The van der Waals surface area contributed by atoms with E-state index in [0.29, 0.717) is 24.1 Å². The van der Waals surface area contributed by atoms with Gasteiger partial charge in [-0.15, -0.1) is 0 Å². The van der Waals surface area contributed by atoms with Crippen molar-refractivity contribution in [3.63, 3.8) is 0 Å². The van der Waals surface area contributed by atoms with Gasteiger partial charge in [0.2, 0.25) is 0 Å². The highest BCUT2D eigenvalue weighted by atomic mass is 32.2. The highest BCUT2D eigenvalue weighted by molar-refractivity contribution is 7.85. The average molecular weight is 179 g/mol. The summed E-state index contributed by atoms with van der Waals surface area (Å²) in [4.78, 5) is 2.06. The van der Waals surface area contributed by atoms with Gasteiger partial charge >= 0.3 is 0 Å². The fourth-order valence-electron chi connectivity index (χ4n) is 1.34. The molecule has 0 N–H and O–H groups in total. The number of halogens is 1. The molecule has 1 fully saturated rings. The van der Waals surface area contributed by atoms with E-state index in [4.69, 9.17) is 0 Å². The van der Waals surface area contributed by atoms with Crippen LogP contribution in [0.15, 0.2) is 0 Å². The van der Waals surface area contributed by atoms with Gasteiger partial charge in [0.05, 0.1) is 0 Å². The molecule has 1 aliphatic rings. The Morgan fingerprint density at radius 2 is 2.45 bits per heavy atom. The first-order valence-electron chi connectivity index (χ1n) is 3.89. The van der Waals surface area contributed by atoms with Crippen LogP contribution < -0.4 is 0 Å². The fourth-order valence-corrected chi connectivity index (χ4v) is 2.69. The summed E-state index contributed by atoms with van der Waals surface area (Å²) < 4.78 is 22.9. The highest BCUT2D eigenvalue weighted by Crippen LogP contribution is 2.07. The second-order valence-electron chi connectivity index (χ2n) is 2.88. The monoisotopic (exact) mass is 179 g/mol. The second kappa shape index (κ2) is 4.16. The zero-order valence-corrected chi connectivity index (χ0v) is 7.57. The number of nitrogens with zero attached hydrogens (tertiary/aromatic N) is 1. The summed E-state index contributed by atoms with van der Waals surface area (Å²) in [5.41, 5.74) is 0. The zero-order chi connectivity index (χ0) is 8.27. The summed E-state index contributed by atoms with van der Waals surface area (Å²) in [6.45, 7) is 3.00. The van der Waals surface area contributed by atoms with Gasteiger partial charge < -0.3 is 0 Å². The predicted octanol–water partition coefficient (Wildman–Crippen LogP) is 0.409. The molecular formula is C7H14FNOS. The Morgan fingerprint density at radius 1 is 1.73 bits per heavy atom. The first-order chi connectivity index (χ1) is 5.24. The lowest BCUT2D eigenvalue weighted by Gasteiger charge is -2.31. The van der Waals surface area contributed by atoms with E-state index in [1.807, 2.05) is 6.92 Å². The summed E-state index contributed by atoms with van der Waals surface area (Å²) >= 11 is 0. The van der Waals surface area contributed by atoms with Gasteiger partial charge in [0.25, 0.3) is 0 Å². The summed E-state index contributed by atoms with van der Waals surface area (Å²) in [7, 11) is -0.659. The van der Waals surface area contributed by atoms with Gasteiger partial charge in [-0.05, 0) is 6.92 Å². The minimum absolute atomic E-state index is 0.292.